The van der Waals surface area contributed by atoms with Crippen molar-refractivity contribution < 1.29 is 4.39 Å². The standard InChI is InChI=1S/C18H21BrFN/c1-13-3-5-14(6-4-13)7-8-18(21-2)11-15-9-16(19)12-17(20)10-15/h3-6,9-10,12,18,21H,7-8,11H2,1-2H3. The first-order valence-electron chi connectivity index (χ1n) is 7.24. The molecule has 2 rings (SSSR count). The maximum Gasteiger partial charge on any atom is 0.124 e. The summed E-state index contributed by atoms with van der Waals surface area (Å²) in [5.74, 6) is -0.187. The molecule has 0 aliphatic heterocycles. The van der Waals surface area contributed by atoms with Crippen LogP contribution >= 0.6 is 15.9 Å². The zero-order valence-electron chi connectivity index (χ0n) is 12.5. The summed E-state index contributed by atoms with van der Waals surface area (Å²) < 4.78 is 14.2. The summed E-state index contributed by atoms with van der Waals surface area (Å²) in [5, 5.41) is 3.33. The molecule has 2 aromatic carbocycles. The van der Waals surface area contributed by atoms with Gasteiger partial charge in [-0.05, 0) is 62.6 Å². The average Bonchev–Trinajstić information content (AvgIpc) is 2.44. The largest absolute Gasteiger partial charge is 0.317 e. The number of hydrogen-bond acceptors (Lipinski definition) is 1. The lowest BCUT2D eigenvalue weighted by Gasteiger charge is -2.16. The second-order valence-corrected chi connectivity index (χ2v) is 6.41. The van der Waals surface area contributed by atoms with Gasteiger partial charge in [-0.3, -0.25) is 0 Å². The monoisotopic (exact) mass is 349 g/mol. The van der Waals surface area contributed by atoms with Crippen LogP contribution in [-0.2, 0) is 12.8 Å². The minimum atomic E-state index is -0.187. The Morgan fingerprint density at radius 2 is 1.81 bits per heavy atom. The molecule has 21 heavy (non-hydrogen) atoms. The predicted molar refractivity (Wildman–Crippen MR) is 90.2 cm³/mol. The number of halogens is 2. The maximum absolute atomic E-state index is 13.4. The van der Waals surface area contributed by atoms with Crippen LogP contribution in [0.15, 0.2) is 46.9 Å². The van der Waals surface area contributed by atoms with E-state index < -0.39 is 0 Å². The summed E-state index contributed by atoms with van der Waals surface area (Å²) in [5.41, 5.74) is 3.65. The minimum Gasteiger partial charge on any atom is -0.317 e. The number of benzene rings is 2. The molecule has 1 unspecified atom stereocenters. The number of nitrogens with one attached hydrogen (secondary N) is 1. The molecule has 0 aliphatic carbocycles. The number of aryl methyl sites for hydroxylation is 2. The fourth-order valence-corrected chi connectivity index (χ4v) is 2.97. The fourth-order valence-electron chi connectivity index (χ4n) is 2.46. The second kappa shape index (κ2) is 7.71. The third kappa shape index (κ3) is 5.25. The van der Waals surface area contributed by atoms with Crippen LogP contribution in [0, 0.1) is 12.7 Å². The fraction of sp³-hybridized carbons (Fsp3) is 0.333. The molecular formula is C18H21BrFN. The van der Waals surface area contributed by atoms with Gasteiger partial charge in [0, 0.05) is 10.5 Å². The lowest BCUT2D eigenvalue weighted by molar-refractivity contribution is 0.518. The second-order valence-electron chi connectivity index (χ2n) is 5.49. The summed E-state index contributed by atoms with van der Waals surface area (Å²) >= 11 is 3.35. The molecule has 0 amide bonds. The molecule has 0 heterocycles. The highest BCUT2D eigenvalue weighted by molar-refractivity contribution is 9.10. The first kappa shape index (κ1) is 16.2. The first-order chi connectivity index (χ1) is 10.1. The lowest BCUT2D eigenvalue weighted by Crippen LogP contribution is -2.28. The summed E-state index contributed by atoms with van der Waals surface area (Å²) in [6, 6.07) is 14.1. The van der Waals surface area contributed by atoms with E-state index in [0.717, 1.165) is 29.3 Å². The molecule has 112 valence electrons. The van der Waals surface area contributed by atoms with E-state index in [-0.39, 0.29) is 5.82 Å². The van der Waals surface area contributed by atoms with Gasteiger partial charge in [-0.15, -0.1) is 0 Å². The molecule has 3 heteroatoms. The van der Waals surface area contributed by atoms with Crippen molar-refractivity contribution in [3.8, 4) is 0 Å². The molecule has 2 aromatic rings. The molecule has 1 N–H and O–H groups in total. The van der Waals surface area contributed by atoms with E-state index >= 15 is 0 Å². The maximum atomic E-state index is 13.4. The Morgan fingerprint density at radius 1 is 1.10 bits per heavy atom. The van der Waals surface area contributed by atoms with Crippen molar-refractivity contribution in [2.75, 3.05) is 7.05 Å². The van der Waals surface area contributed by atoms with Crippen LogP contribution in [0.2, 0.25) is 0 Å². The Hall–Kier alpha value is -1.19. The molecule has 0 saturated heterocycles. The van der Waals surface area contributed by atoms with Gasteiger partial charge in [-0.25, -0.2) is 4.39 Å². The molecule has 0 bridgehead atoms. The van der Waals surface area contributed by atoms with Gasteiger partial charge in [0.05, 0.1) is 0 Å². The average molecular weight is 350 g/mol. The van der Waals surface area contributed by atoms with E-state index in [4.69, 9.17) is 0 Å². The molecule has 1 atom stereocenters. The molecular weight excluding hydrogens is 329 g/mol. The molecule has 0 saturated carbocycles. The Balaban J connectivity index is 1.95. The quantitative estimate of drug-likeness (QED) is 0.799. The van der Waals surface area contributed by atoms with Crippen LogP contribution in [0.25, 0.3) is 0 Å². The van der Waals surface area contributed by atoms with Gasteiger partial charge in [0.2, 0.25) is 0 Å². The van der Waals surface area contributed by atoms with Crippen LogP contribution in [0.4, 0.5) is 4.39 Å². The van der Waals surface area contributed by atoms with Crippen LogP contribution in [0.3, 0.4) is 0 Å². The zero-order chi connectivity index (χ0) is 15.2. The van der Waals surface area contributed by atoms with Crippen molar-refractivity contribution in [2.24, 2.45) is 0 Å². The van der Waals surface area contributed by atoms with Crippen molar-refractivity contribution in [1.29, 1.82) is 0 Å². The van der Waals surface area contributed by atoms with Crippen LogP contribution in [0.5, 0.6) is 0 Å². The third-order valence-electron chi connectivity index (χ3n) is 3.71. The van der Waals surface area contributed by atoms with E-state index in [1.165, 1.54) is 17.2 Å². The molecule has 0 spiro atoms. The minimum absolute atomic E-state index is 0.187. The summed E-state index contributed by atoms with van der Waals surface area (Å²) in [4.78, 5) is 0. The zero-order valence-corrected chi connectivity index (χ0v) is 14.1. The third-order valence-corrected chi connectivity index (χ3v) is 4.17. The van der Waals surface area contributed by atoms with Gasteiger partial charge < -0.3 is 5.32 Å². The van der Waals surface area contributed by atoms with Crippen LogP contribution in [0.1, 0.15) is 23.1 Å². The summed E-state index contributed by atoms with van der Waals surface area (Å²) in [6.45, 7) is 2.10. The summed E-state index contributed by atoms with van der Waals surface area (Å²) in [6.07, 6.45) is 2.90. The van der Waals surface area contributed by atoms with Gasteiger partial charge in [0.25, 0.3) is 0 Å². The Kier molecular flexibility index (Phi) is 5.95. The Morgan fingerprint density at radius 3 is 2.43 bits per heavy atom. The number of rotatable bonds is 6. The highest BCUT2D eigenvalue weighted by Gasteiger charge is 2.09. The SMILES string of the molecule is CNC(CCc1ccc(C)cc1)Cc1cc(F)cc(Br)c1. The highest BCUT2D eigenvalue weighted by Crippen LogP contribution is 2.17. The normalized spacial score (nSPS) is 12.4. The lowest BCUT2D eigenvalue weighted by atomic mass is 9.99. The number of hydrogen-bond donors (Lipinski definition) is 1. The van der Waals surface area contributed by atoms with E-state index in [1.807, 2.05) is 13.1 Å². The molecule has 0 aromatic heterocycles. The Bertz CT molecular complexity index is 560. The van der Waals surface area contributed by atoms with Gasteiger partial charge in [0.15, 0.2) is 0 Å². The molecule has 1 nitrogen and oxygen atoms in total. The topological polar surface area (TPSA) is 12.0 Å². The van der Waals surface area contributed by atoms with Crippen molar-refractivity contribution in [2.45, 2.75) is 32.2 Å². The van der Waals surface area contributed by atoms with Crippen molar-refractivity contribution in [1.82, 2.24) is 5.32 Å². The van der Waals surface area contributed by atoms with Crippen molar-refractivity contribution in [3.63, 3.8) is 0 Å². The summed E-state index contributed by atoms with van der Waals surface area (Å²) in [7, 11) is 1.97. The van der Waals surface area contributed by atoms with Crippen molar-refractivity contribution >= 4 is 15.9 Å². The van der Waals surface area contributed by atoms with Crippen LogP contribution in [-0.4, -0.2) is 13.1 Å². The Labute approximate surface area is 134 Å². The van der Waals surface area contributed by atoms with E-state index in [1.54, 1.807) is 6.07 Å². The molecule has 0 aliphatic rings. The van der Waals surface area contributed by atoms with E-state index in [2.05, 4.69) is 52.4 Å². The smallest absolute Gasteiger partial charge is 0.124 e. The predicted octanol–water partition coefficient (Wildman–Crippen LogP) is 4.66. The van der Waals surface area contributed by atoms with Crippen molar-refractivity contribution in [3.05, 3.63) is 69.4 Å². The molecule has 0 radical (unpaired) electrons. The number of likely N-dealkylation sites (N-methyl/N-ethyl adjacent to an activating group) is 1. The van der Waals surface area contributed by atoms with E-state index in [0.29, 0.717) is 6.04 Å². The van der Waals surface area contributed by atoms with Crippen LogP contribution < -0.4 is 5.32 Å². The highest BCUT2D eigenvalue weighted by atomic mass is 79.9. The van der Waals surface area contributed by atoms with Gasteiger partial charge in [0.1, 0.15) is 5.82 Å². The first-order valence-corrected chi connectivity index (χ1v) is 8.04. The van der Waals surface area contributed by atoms with Gasteiger partial charge in [-0.2, -0.15) is 0 Å². The van der Waals surface area contributed by atoms with Gasteiger partial charge in [-0.1, -0.05) is 45.8 Å². The van der Waals surface area contributed by atoms with E-state index in [9.17, 15) is 4.39 Å². The molecule has 0 fully saturated rings. The van der Waals surface area contributed by atoms with Gasteiger partial charge >= 0.3 is 0 Å².